The number of nitrogens with zero attached hydrogens (tertiary/aromatic N) is 5. The molecule has 3 aliphatic rings. The number of hydrogen-bond acceptors (Lipinski definition) is 5. The summed E-state index contributed by atoms with van der Waals surface area (Å²) in [4.78, 5) is 28.8. The van der Waals surface area contributed by atoms with Crippen molar-refractivity contribution < 1.29 is 4.79 Å². The minimum atomic E-state index is 0.0306. The number of hydrogen-bond donors (Lipinski definition) is 0. The predicted octanol–water partition coefficient (Wildman–Crippen LogP) is 2.22. The summed E-state index contributed by atoms with van der Waals surface area (Å²) in [5, 5.41) is 0. The molecule has 2 aliphatic carbocycles. The van der Waals surface area contributed by atoms with Crippen molar-refractivity contribution in [2.24, 2.45) is 0 Å². The minimum Gasteiger partial charge on any atom is -0.347 e. The standard InChI is InChI=1S/C21H33N5O/c1-24(2)20-22-13-16-9-11-21(19(16)23-20)10-6-12-26(15-21)18(27)14-25(3)17-7-4-5-8-17/h13,17H,4-12,14-15H2,1-3H3. The van der Waals surface area contributed by atoms with Crippen molar-refractivity contribution in [1.29, 1.82) is 0 Å². The number of likely N-dealkylation sites (tertiary alicyclic amines) is 1. The van der Waals surface area contributed by atoms with Gasteiger partial charge in [0, 0.05) is 44.8 Å². The van der Waals surface area contributed by atoms with Crippen LogP contribution in [0.5, 0.6) is 0 Å². The van der Waals surface area contributed by atoms with Crippen molar-refractivity contribution in [3.8, 4) is 0 Å². The van der Waals surface area contributed by atoms with Gasteiger partial charge in [-0.3, -0.25) is 9.69 Å². The first-order chi connectivity index (χ1) is 13.0. The summed E-state index contributed by atoms with van der Waals surface area (Å²) in [7, 11) is 6.09. The first-order valence-electron chi connectivity index (χ1n) is 10.5. The van der Waals surface area contributed by atoms with Gasteiger partial charge in [-0.05, 0) is 51.1 Å². The monoisotopic (exact) mass is 371 g/mol. The van der Waals surface area contributed by atoms with Crippen LogP contribution in [0.4, 0.5) is 5.95 Å². The molecule has 1 saturated heterocycles. The molecule has 1 aromatic rings. The fourth-order valence-electron chi connectivity index (χ4n) is 5.28. The lowest BCUT2D eigenvalue weighted by Crippen LogP contribution is -2.51. The number of carbonyl (C=O) groups excluding carboxylic acids is 1. The molecule has 1 aromatic heterocycles. The summed E-state index contributed by atoms with van der Waals surface area (Å²) in [5.41, 5.74) is 2.50. The lowest BCUT2D eigenvalue weighted by Gasteiger charge is -2.41. The van der Waals surface area contributed by atoms with E-state index in [1.54, 1.807) is 0 Å². The van der Waals surface area contributed by atoms with Gasteiger partial charge in [-0.1, -0.05) is 12.8 Å². The highest BCUT2D eigenvalue weighted by molar-refractivity contribution is 5.78. The molecule has 0 radical (unpaired) electrons. The Labute approximate surface area is 162 Å². The molecule has 1 saturated carbocycles. The second kappa shape index (κ2) is 7.38. The van der Waals surface area contributed by atoms with Gasteiger partial charge in [-0.25, -0.2) is 9.97 Å². The molecule has 1 spiro atoms. The number of likely N-dealkylation sites (N-methyl/N-ethyl adjacent to an activating group) is 1. The maximum atomic E-state index is 13.0. The molecule has 0 N–H and O–H groups in total. The molecule has 1 amide bonds. The van der Waals surface area contributed by atoms with Crippen LogP contribution in [0.1, 0.15) is 56.2 Å². The second-order valence-electron chi connectivity index (χ2n) is 8.99. The SMILES string of the molecule is CN(C)c1ncc2c(n1)C1(CCCN(C(=O)CN(C)C3CCCC3)C1)CC2. The quantitative estimate of drug-likeness (QED) is 0.812. The van der Waals surface area contributed by atoms with E-state index in [4.69, 9.17) is 4.98 Å². The van der Waals surface area contributed by atoms with Crippen molar-refractivity contribution in [2.45, 2.75) is 62.8 Å². The second-order valence-corrected chi connectivity index (χ2v) is 8.99. The van der Waals surface area contributed by atoms with Crippen molar-refractivity contribution in [3.63, 3.8) is 0 Å². The Bertz CT molecular complexity index is 696. The highest BCUT2D eigenvalue weighted by atomic mass is 16.2. The van der Waals surface area contributed by atoms with E-state index in [0.29, 0.717) is 18.5 Å². The van der Waals surface area contributed by atoms with E-state index in [1.807, 2.05) is 25.2 Å². The third-order valence-corrected chi connectivity index (χ3v) is 6.89. The summed E-state index contributed by atoms with van der Waals surface area (Å²) in [5.74, 6) is 1.07. The van der Waals surface area contributed by atoms with Crippen LogP contribution in [0.25, 0.3) is 0 Å². The van der Waals surface area contributed by atoms with Crippen molar-refractivity contribution >= 4 is 11.9 Å². The zero-order valence-corrected chi connectivity index (χ0v) is 17.1. The number of fused-ring (bicyclic) bond motifs is 2. The average molecular weight is 372 g/mol. The summed E-state index contributed by atoms with van der Waals surface area (Å²) in [6, 6.07) is 0.593. The average Bonchev–Trinajstić information content (AvgIpc) is 3.31. The lowest BCUT2D eigenvalue weighted by atomic mass is 9.77. The van der Waals surface area contributed by atoms with Crippen LogP contribution in [0.3, 0.4) is 0 Å². The van der Waals surface area contributed by atoms with Crippen LogP contribution in [-0.4, -0.2) is 72.5 Å². The van der Waals surface area contributed by atoms with E-state index in [9.17, 15) is 4.79 Å². The van der Waals surface area contributed by atoms with Crippen LogP contribution in [0.15, 0.2) is 6.20 Å². The van der Waals surface area contributed by atoms with E-state index >= 15 is 0 Å². The van der Waals surface area contributed by atoms with Gasteiger partial charge >= 0.3 is 0 Å². The van der Waals surface area contributed by atoms with Crippen LogP contribution in [0.2, 0.25) is 0 Å². The molecule has 148 valence electrons. The predicted molar refractivity (Wildman–Crippen MR) is 107 cm³/mol. The van der Waals surface area contributed by atoms with Gasteiger partial charge in [0.25, 0.3) is 0 Å². The zero-order valence-electron chi connectivity index (χ0n) is 17.1. The van der Waals surface area contributed by atoms with E-state index in [0.717, 1.165) is 44.7 Å². The maximum absolute atomic E-state index is 13.0. The van der Waals surface area contributed by atoms with E-state index in [-0.39, 0.29) is 5.41 Å². The fourth-order valence-corrected chi connectivity index (χ4v) is 5.28. The van der Waals surface area contributed by atoms with Gasteiger partial charge < -0.3 is 9.80 Å². The number of amides is 1. The highest BCUT2D eigenvalue weighted by Gasteiger charge is 2.45. The van der Waals surface area contributed by atoms with Crippen LogP contribution in [0, 0.1) is 0 Å². The van der Waals surface area contributed by atoms with Gasteiger partial charge in [0.05, 0.1) is 12.2 Å². The summed E-state index contributed by atoms with van der Waals surface area (Å²) in [6.45, 7) is 2.27. The molecular weight excluding hydrogens is 338 g/mol. The summed E-state index contributed by atoms with van der Waals surface area (Å²) < 4.78 is 0. The molecule has 0 bridgehead atoms. The third-order valence-electron chi connectivity index (χ3n) is 6.89. The van der Waals surface area contributed by atoms with E-state index in [2.05, 4.69) is 21.8 Å². The Kier molecular flexibility index (Phi) is 5.10. The maximum Gasteiger partial charge on any atom is 0.236 e. The molecule has 6 heteroatoms. The Balaban J connectivity index is 1.49. The normalized spacial score (nSPS) is 25.4. The topological polar surface area (TPSA) is 52.6 Å². The van der Waals surface area contributed by atoms with Gasteiger partial charge in [0.15, 0.2) is 0 Å². The molecule has 6 nitrogen and oxygen atoms in total. The fraction of sp³-hybridized carbons (Fsp3) is 0.762. The van der Waals surface area contributed by atoms with Crippen molar-refractivity contribution in [1.82, 2.24) is 19.8 Å². The molecule has 1 unspecified atom stereocenters. The first-order valence-corrected chi connectivity index (χ1v) is 10.5. The number of anilines is 1. The van der Waals surface area contributed by atoms with Crippen LogP contribution in [-0.2, 0) is 16.6 Å². The zero-order chi connectivity index (χ0) is 19.0. The van der Waals surface area contributed by atoms with Crippen molar-refractivity contribution in [2.75, 3.05) is 45.7 Å². The Hall–Kier alpha value is -1.69. The Morgan fingerprint density at radius 1 is 1.22 bits per heavy atom. The Morgan fingerprint density at radius 3 is 2.74 bits per heavy atom. The summed E-state index contributed by atoms with van der Waals surface area (Å²) >= 11 is 0. The molecule has 1 aliphatic heterocycles. The van der Waals surface area contributed by atoms with Crippen LogP contribution < -0.4 is 4.90 Å². The molecule has 1 atom stereocenters. The minimum absolute atomic E-state index is 0.0306. The molecule has 2 heterocycles. The highest BCUT2D eigenvalue weighted by Crippen LogP contribution is 2.44. The smallest absolute Gasteiger partial charge is 0.236 e. The van der Waals surface area contributed by atoms with Crippen LogP contribution >= 0.6 is 0 Å². The van der Waals surface area contributed by atoms with Gasteiger partial charge in [0.2, 0.25) is 11.9 Å². The number of aryl methyl sites for hydroxylation is 1. The number of aromatic nitrogens is 2. The third kappa shape index (κ3) is 3.56. The number of piperidine rings is 1. The van der Waals surface area contributed by atoms with Gasteiger partial charge in [0.1, 0.15) is 0 Å². The number of carbonyl (C=O) groups is 1. The molecule has 0 aromatic carbocycles. The van der Waals surface area contributed by atoms with Gasteiger partial charge in [-0.15, -0.1) is 0 Å². The van der Waals surface area contributed by atoms with E-state index < -0.39 is 0 Å². The lowest BCUT2D eigenvalue weighted by molar-refractivity contribution is -0.134. The molecular formula is C21H33N5O. The molecule has 4 rings (SSSR count). The molecule has 2 fully saturated rings. The van der Waals surface area contributed by atoms with Gasteiger partial charge in [-0.2, -0.15) is 0 Å². The van der Waals surface area contributed by atoms with E-state index in [1.165, 1.54) is 36.9 Å². The molecule has 27 heavy (non-hydrogen) atoms. The largest absolute Gasteiger partial charge is 0.347 e. The Morgan fingerprint density at radius 2 is 2.00 bits per heavy atom. The first kappa shape index (κ1) is 18.7. The van der Waals surface area contributed by atoms with Crippen molar-refractivity contribution in [3.05, 3.63) is 17.5 Å². The summed E-state index contributed by atoms with van der Waals surface area (Å²) in [6.07, 6.45) is 11.4. The number of rotatable bonds is 4.